The molecule has 0 spiro atoms. The number of ether oxygens (including phenoxy) is 2. The topological polar surface area (TPSA) is 93.1 Å². The van der Waals surface area contributed by atoms with Gasteiger partial charge in [-0.1, -0.05) is 6.08 Å². The lowest BCUT2D eigenvalue weighted by Crippen LogP contribution is -2.28. The number of benzene rings is 2. The second kappa shape index (κ2) is 6.46. The smallest absolute Gasteiger partial charge is 0.205 e. The minimum atomic E-state index is -0.728. The second-order valence-electron chi connectivity index (χ2n) is 6.90. The first-order chi connectivity index (χ1) is 12.7. The van der Waals surface area contributed by atoms with E-state index in [-0.39, 0.29) is 39.7 Å². The van der Waals surface area contributed by atoms with Crippen LogP contribution in [-0.4, -0.2) is 35.0 Å². The molecule has 0 amide bonds. The zero-order chi connectivity index (χ0) is 19.9. The van der Waals surface area contributed by atoms with Crippen molar-refractivity contribution in [3.63, 3.8) is 0 Å². The van der Waals surface area contributed by atoms with Crippen LogP contribution >= 0.6 is 0 Å². The summed E-state index contributed by atoms with van der Waals surface area (Å²) in [5, 5.41) is 20.8. The van der Waals surface area contributed by atoms with Crippen LogP contribution in [0.5, 0.6) is 23.0 Å². The first kappa shape index (κ1) is 18.5. The van der Waals surface area contributed by atoms with Crippen molar-refractivity contribution < 1.29 is 29.3 Å². The van der Waals surface area contributed by atoms with Gasteiger partial charge in [-0.25, -0.2) is 0 Å². The van der Waals surface area contributed by atoms with E-state index in [0.29, 0.717) is 17.4 Å². The number of aromatic hydroxyl groups is 2. The molecule has 2 aromatic carbocycles. The van der Waals surface area contributed by atoms with Crippen LogP contribution in [0.15, 0.2) is 24.3 Å². The van der Waals surface area contributed by atoms with Crippen molar-refractivity contribution in [2.24, 2.45) is 0 Å². The van der Waals surface area contributed by atoms with E-state index in [9.17, 15) is 19.8 Å². The number of aldehydes is 1. The van der Waals surface area contributed by atoms with Gasteiger partial charge >= 0.3 is 0 Å². The van der Waals surface area contributed by atoms with Crippen molar-refractivity contribution >= 4 is 18.1 Å². The highest BCUT2D eigenvalue weighted by Gasteiger charge is 2.32. The van der Waals surface area contributed by atoms with Crippen LogP contribution in [0.3, 0.4) is 0 Å². The number of hydrogen-bond acceptors (Lipinski definition) is 6. The molecule has 2 N–H and O–H groups in total. The fourth-order valence-corrected chi connectivity index (χ4v) is 3.19. The van der Waals surface area contributed by atoms with E-state index in [1.165, 1.54) is 19.2 Å². The fourth-order valence-electron chi connectivity index (χ4n) is 3.19. The first-order valence-electron chi connectivity index (χ1n) is 8.35. The molecule has 6 heteroatoms. The standard InChI is InChI=1S/C21H20O6/c1-11-9-15(24)16(13(10-22)19(11)26-4)18(25)17-14(23)6-5-12-7-8-21(2,3)27-20(12)17/h5-10,23-24H,1-4H3. The summed E-state index contributed by atoms with van der Waals surface area (Å²) >= 11 is 0. The fraction of sp³-hybridized carbons (Fsp3) is 0.238. The van der Waals surface area contributed by atoms with E-state index < -0.39 is 11.4 Å². The Bertz CT molecular complexity index is 985. The van der Waals surface area contributed by atoms with Gasteiger partial charge in [-0.2, -0.15) is 0 Å². The van der Waals surface area contributed by atoms with Gasteiger partial charge < -0.3 is 19.7 Å². The SMILES string of the molecule is COc1c(C)cc(O)c(C(=O)c2c(O)ccc3c2OC(C)(C)C=C3)c1C=O. The maximum atomic E-state index is 13.3. The lowest BCUT2D eigenvalue weighted by molar-refractivity contribution is 0.101. The Morgan fingerprint density at radius 2 is 1.89 bits per heavy atom. The Morgan fingerprint density at radius 1 is 1.19 bits per heavy atom. The molecule has 0 aromatic heterocycles. The molecule has 0 atom stereocenters. The number of ketones is 1. The third-order valence-corrected chi connectivity index (χ3v) is 4.45. The Labute approximate surface area is 156 Å². The lowest BCUT2D eigenvalue weighted by Gasteiger charge is -2.29. The van der Waals surface area contributed by atoms with Crippen molar-refractivity contribution in [1.82, 2.24) is 0 Å². The zero-order valence-corrected chi connectivity index (χ0v) is 15.5. The maximum Gasteiger partial charge on any atom is 0.205 e. The van der Waals surface area contributed by atoms with Crippen LogP contribution < -0.4 is 9.47 Å². The quantitative estimate of drug-likeness (QED) is 0.632. The van der Waals surface area contributed by atoms with Crippen LogP contribution in [0.1, 0.15) is 51.3 Å². The van der Waals surface area contributed by atoms with Gasteiger partial charge in [-0.3, -0.25) is 9.59 Å². The molecule has 0 saturated heterocycles. The number of methoxy groups -OCH3 is 1. The Kier molecular flexibility index (Phi) is 4.43. The molecule has 0 saturated carbocycles. The third kappa shape index (κ3) is 3.03. The van der Waals surface area contributed by atoms with Crippen molar-refractivity contribution in [1.29, 1.82) is 0 Å². The average molecular weight is 368 g/mol. The van der Waals surface area contributed by atoms with Gasteiger partial charge in [0.05, 0.1) is 18.2 Å². The molecule has 0 unspecified atom stereocenters. The van der Waals surface area contributed by atoms with Gasteiger partial charge in [0.15, 0.2) is 6.29 Å². The summed E-state index contributed by atoms with van der Waals surface area (Å²) in [5.41, 5.74) is -0.00464. The van der Waals surface area contributed by atoms with Crippen LogP contribution in [0.25, 0.3) is 6.08 Å². The second-order valence-corrected chi connectivity index (χ2v) is 6.90. The molecule has 0 fully saturated rings. The first-order valence-corrected chi connectivity index (χ1v) is 8.35. The van der Waals surface area contributed by atoms with Crippen molar-refractivity contribution in [3.8, 4) is 23.0 Å². The number of hydrogen-bond donors (Lipinski definition) is 2. The molecule has 0 bridgehead atoms. The summed E-state index contributed by atoms with van der Waals surface area (Å²) in [7, 11) is 1.37. The van der Waals surface area contributed by atoms with E-state index in [4.69, 9.17) is 9.47 Å². The minimum Gasteiger partial charge on any atom is -0.507 e. The van der Waals surface area contributed by atoms with E-state index in [1.54, 1.807) is 19.1 Å². The predicted molar refractivity (Wildman–Crippen MR) is 100 cm³/mol. The number of phenols is 2. The van der Waals surface area contributed by atoms with E-state index in [0.717, 1.165) is 0 Å². The zero-order valence-electron chi connectivity index (χ0n) is 15.5. The third-order valence-electron chi connectivity index (χ3n) is 4.45. The number of carbonyl (C=O) groups is 2. The van der Waals surface area contributed by atoms with E-state index in [2.05, 4.69) is 0 Å². The highest BCUT2D eigenvalue weighted by molar-refractivity contribution is 6.18. The molecule has 2 aromatic rings. The molecule has 1 heterocycles. The maximum absolute atomic E-state index is 13.3. The summed E-state index contributed by atoms with van der Waals surface area (Å²) in [6.45, 7) is 5.28. The number of fused-ring (bicyclic) bond motifs is 1. The van der Waals surface area contributed by atoms with Gasteiger partial charge in [0.25, 0.3) is 0 Å². The monoisotopic (exact) mass is 368 g/mol. The van der Waals surface area contributed by atoms with Gasteiger partial charge in [0, 0.05) is 5.56 Å². The summed E-state index contributed by atoms with van der Waals surface area (Å²) < 4.78 is 11.1. The average Bonchev–Trinajstić information content (AvgIpc) is 2.59. The summed E-state index contributed by atoms with van der Waals surface area (Å²) in [4.78, 5) is 25.0. The largest absolute Gasteiger partial charge is 0.507 e. The molecule has 140 valence electrons. The number of phenolic OH excluding ortho intramolecular Hbond substituents is 2. The summed E-state index contributed by atoms with van der Waals surface area (Å²) in [5.74, 6) is -1.02. The molecular formula is C21H20O6. The van der Waals surface area contributed by atoms with Crippen LogP contribution in [0, 0.1) is 6.92 Å². The lowest BCUT2D eigenvalue weighted by atomic mass is 9.91. The van der Waals surface area contributed by atoms with Crippen molar-refractivity contribution in [3.05, 3.63) is 52.1 Å². The minimum absolute atomic E-state index is 0.0809. The Morgan fingerprint density at radius 3 is 2.52 bits per heavy atom. The highest BCUT2D eigenvalue weighted by atomic mass is 16.5. The van der Waals surface area contributed by atoms with Crippen LogP contribution in [0.4, 0.5) is 0 Å². The van der Waals surface area contributed by atoms with Crippen molar-refractivity contribution in [2.75, 3.05) is 7.11 Å². The molecule has 0 radical (unpaired) electrons. The summed E-state index contributed by atoms with van der Waals surface area (Å²) in [6, 6.07) is 4.35. The predicted octanol–water partition coefficient (Wildman–Crippen LogP) is 3.64. The van der Waals surface area contributed by atoms with E-state index >= 15 is 0 Å². The molecule has 0 aliphatic carbocycles. The normalized spacial score (nSPS) is 14.2. The number of rotatable bonds is 4. The number of aryl methyl sites for hydroxylation is 1. The molecule has 27 heavy (non-hydrogen) atoms. The molecular weight excluding hydrogens is 348 g/mol. The molecule has 1 aliphatic heterocycles. The Hall–Kier alpha value is -3.28. The molecule has 3 rings (SSSR count). The van der Waals surface area contributed by atoms with E-state index in [1.807, 2.05) is 19.9 Å². The highest BCUT2D eigenvalue weighted by Crippen LogP contribution is 2.42. The van der Waals surface area contributed by atoms with Gasteiger partial charge in [0.2, 0.25) is 5.78 Å². The van der Waals surface area contributed by atoms with Crippen molar-refractivity contribution in [2.45, 2.75) is 26.4 Å². The van der Waals surface area contributed by atoms with Crippen LogP contribution in [0.2, 0.25) is 0 Å². The molecule has 6 nitrogen and oxygen atoms in total. The number of carbonyl (C=O) groups excluding carboxylic acids is 2. The molecule has 1 aliphatic rings. The van der Waals surface area contributed by atoms with Crippen LogP contribution in [-0.2, 0) is 0 Å². The Balaban J connectivity index is 2.28. The summed E-state index contributed by atoms with van der Waals surface area (Å²) in [6.07, 6.45) is 4.09. The van der Waals surface area contributed by atoms with Gasteiger partial charge in [0.1, 0.15) is 34.2 Å². The van der Waals surface area contributed by atoms with Gasteiger partial charge in [-0.15, -0.1) is 0 Å². The van der Waals surface area contributed by atoms with Gasteiger partial charge in [-0.05, 0) is 50.6 Å².